The molecule has 0 saturated carbocycles. The molecule has 2 aromatic carbocycles. The number of benzene rings is 1. The number of aromatic nitrogens is 1. The van der Waals surface area contributed by atoms with E-state index in [1.54, 1.807) is 26.2 Å². The molecular weight excluding hydrogens is 600 g/mol. The van der Waals surface area contributed by atoms with Gasteiger partial charge < -0.3 is 34.9 Å². The van der Waals surface area contributed by atoms with Gasteiger partial charge in [-0.05, 0) is 60.6 Å². The number of nitrogens with one attached hydrogen (secondary N) is 3. The summed E-state index contributed by atoms with van der Waals surface area (Å²) in [6.07, 6.45) is 1.08. The fourth-order valence-electron chi connectivity index (χ4n) is 5.45. The number of esters is 1. The summed E-state index contributed by atoms with van der Waals surface area (Å²) in [6, 6.07) is 5.48. The van der Waals surface area contributed by atoms with E-state index in [4.69, 9.17) is 18.9 Å². The van der Waals surface area contributed by atoms with Crippen molar-refractivity contribution in [1.82, 2.24) is 10.3 Å². The van der Waals surface area contributed by atoms with Gasteiger partial charge in [0.15, 0.2) is 22.3 Å². The first kappa shape index (κ1) is 33.2. The van der Waals surface area contributed by atoms with E-state index in [1.807, 2.05) is 19.9 Å². The highest BCUT2D eigenvalue weighted by atomic mass is 32.1. The number of aryl methyl sites for hydroxylation is 2. The van der Waals surface area contributed by atoms with Crippen LogP contribution in [0.25, 0.3) is 11.1 Å². The average Bonchev–Trinajstić information content (AvgIpc) is 3.20. The maximum Gasteiger partial charge on any atom is 0.357 e. The first-order valence-corrected chi connectivity index (χ1v) is 15.2. The van der Waals surface area contributed by atoms with Gasteiger partial charge in [-0.25, -0.2) is 9.78 Å². The first-order valence-electron chi connectivity index (χ1n) is 14.3. The van der Waals surface area contributed by atoms with Gasteiger partial charge in [0.25, 0.3) is 0 Å². The van der Waals surface area contributed by atoms with Gasteiger partial charge >= 0.3 is 5.97 Å². The summed E-state index contributed by atoms with van der Waals surface area (Å²) in [6.45, 7) is 6.84. The molecule has 240 valence electrons. The van der Waals surface area contributed by atoms with Gasteiger partial charge in [-0.2, -0.15) is 0 Å². The number of hydrogen-bond donors (Lipinski definition) is 3. The quantitative estimate of drug-likeness (QED) is 0.271. The van der Waals surface area contributed by atoms with Crippen LogP contribution in [0, 0.1) is 12.8 Å². The molecule has 3 aromatic rings. The Morgan fingerprint density at radius 2 is 1.73 bits per heavy atom. The summed E-state index contributed by atoms with van der Waals surface area (Å²) >= 11 is 1.15. The molecule has 0 saturated heterocycles. The van der Waals surface area contributed by atoms with Crippen molar-refractivity contribution in [3.63, 3.8) is 0 Å². The minimum atomic E-state index is -0.831. The molecular formula is C32H38N4O8S. The van der Waals surface area contributed by atoms with Crippen LogP contribution in [0.2, 0.25) is 0 Å². The van der Waals surface area contributed by atoms with Crippen molar-refractivity contribution in [2.75, 3.05) is 39.1 Å². The Hall–Kier alpha value is -4.65. The number of methoxy groups -OCH3 is 4. The molecule has 1 heterocycles. The molecule has 4 rings (SSSR count). The van der Waals surface area contributed by atoms with Gasteiger partial charge in [-0.3, -0.25) is 14.4 Å². The van der Waals surface area contributed by atoms with E-state index in [2.05, 4.69) is 20.9 Å². The van der Waals surface area contributed by atoms with Gasteiger partial charge in [0.2, 0.25) is 23.0 Å². The van der Waals surface area contributed by atoms with Crippen molar-refractivity contribution in [3.05, 3.63) is 56.2 Å². The molecule has 1 aliphatic rings. The Labute approximate surface area is 265 Å². The second kappa shape index (κ2) is 14.0. The molecule has 2 amide bonds. The van der Waals surface area contributed by atoms with Gasteiger partial charge in [0.1, 0.15) is 6.04 Å². The third kappa shape index (κ3) is 6.88. The van der Waals surface area contributed by atoms with Crippen molar-refractivity contribution in [1.29, 1.82) is 0 Å². The summed E-state index contributed by atoms with van der Waals surface area (Å²) in [5.74, 6) is -0.155. The fraction of sp³-hybridized carbons (Fsp3) is 0.406. The third-order valence-corrected chi connectivity index (χ3v) is 8.47. The summed E-state index contributed by atoms with van der Waals surface area (Å²) < 4.78 is 21.8. The minimum Gasteiger partial charge on any atom is -0.493 e. The highest BCUT2D eigenvalue weighted by Gasteiger charge is 2.30. The Morgan fingerprint density at radius 1 is 1.02 bits per heavy atom. The van der Waals surface area contributed by atoms with Crippen LogP contribution >= 0.6 is 11.3 Å². The van der Waals surface area contributed by atoms with Crippen LogP contribution in [0.5, 0.6) is 17.2 Å². The summed E-state index contributed by atoms with van der Waals surface area (Å²) in [7, 11) is 5.86. The molecule has 13 heteroatoms. The third-order valence-electron chi connectivity index (χ3n) is 7.58. The van der Waals surface area contributed by atoms with E-state index in [1.165, 1.54) is 34.3 Å². The summed E-state index contributed by atoms with van der Waals surface area (Å²) in [4.78, 5) is 56.3. The zero-order chi connectivity index (χ0) is 33.0. The second-order valence-electron chi connectivity index (χ2n) is 10.9. The van der Waals surface area contributed by atoms with Crippen LogP contribution in [-0.2, 0) is 20.7 Å². The Kier molecular flexibility index (Phi) is 10.3. The number of ether oxygens (including phenoxy) is 4. The number of rotatable bonds is 10. The Balaban J connectivity index is 1.81. The van der Waals surface area contributed by atoms with Gasteiger partial charge in [0, 0.05) is 17.4 Å². The van der Waals surface area contributed by atoms with E-state index in [-0.39, 0.29) is 33.8 Å². The normalized spacial score (nSPS) is 14.3. The molecule has 1 aliphatic carbocycles. The van der Waals surface area contributed by atoms with Crippen molar-refractivity contribution in [3.8, 4) is 28.4 Å². The number of thiazole rings is 1. The van der Waals surface area contributed by atoms with Gasteiger partial charge in [-0.15, -0.1) is 11.3 Å². The number of amides is 2. The van der Waals surface area contributed by atoms with Crippen LogP contribution in [0.1, 0.15) is 59.7 Å². The summed E-state index contributed by atoms with van der Waals surface area (Å²) in [5.41, 5.74) is 2.84. The molecule has 0 fully saturated rings. The van der Waals surface area contributed by atoms with E-state index in [0.717, 1.165) is 22.5 Å². The molecule has 0 radical (unpaired) electrons. The molecule has 3 N–H and O–H groups in total. The lowest BCUT2D eigenvalue weighted by atomic mass is 9.95. The van der Waals surface area contributed by atoms with Crippen LogP contribution in [0.4, 0.5) is 10.8 Å². The van der Waals surface area contributed by atoms with Gasteiger partial charge in [0.05, 0.1) is 40.2 Å². The molecule has 0 aliphatic heterocycles. The largest absolute Gasteiger partial charge is 0.493 e. The number of carbonyl (C=O) groups excluding carboxylic acids is 3. The number of fused-ring (bicyclic) bond motifs is 3. The number of nitrogens with zero attached hydrogens (tertiary/aromatic N) is 1. The maximum atomic E-state index is 13.8. The standard InChI is InChI=1S/C32H38N4O8S/c1-15(2)26(30(39)36-32-35-27(16(3)45-32)31(40)44-8)34-22-12-10-19-20(14-23(22)38)21(33-17(4)37)11-9-18-13-24(41-5)28(42-6)29(43-7)25(18)19/h10,12-15,21,26H,9,11H2,1-8H3,(H,33,37)(H,34,38)(H,35,36,39)/t21-,26+/m1/s1. The molecule has 0 unspecified atom stereocenters. The molecule has 0 bridgehead atoms. The topological polar surface area (TPSA) is 154 Å². The zero-order valence-corrected chi connectivity index (χ0v) is 27.4. The number of carbonyl (C=O) groups is 3. The van der Waals surface area contributed by atoms with Crippen molar-refractivity contribution in [2.45, 2.75) is 52.6 Å². The van der Waals surface area contributed by atoms with Gasteiger partial charge in [-0.1, -0.05) is 19.9 Å². The lowest BCUT2D eigenvalue weighted by Gasteiger charge is -2.21. The van der Waals surface area contributed by atoms with Crippen LogP contribution in [0.3, 0.4) is 0 Å². The van der Waals surface area contributed by atoms with Crippen molar-refractivity contribution >= 4 is 39.9 Å². The molecule has 2 atom stereocenters. The SMILES string of the molecule is COC(=O)c1nc(NC(=O)[C@@H](Nc2ccc3c(cc2=O)[C@H](NC(C)=O)CCc2cc(OC)c(OC)c(OC)c2-3)C(C)C)sc1C. The Morgan fingerprint density at radius 3 is 2.33 bits per heavy atom. The number of anilines is 2. The van der Waals surface area contributed by atoms with Crippen molar-refractivity contribution < 1.29 is 33.3 Å². The maximum absolute atomic E-state index is 13.8. The highest BCUT2D eigenvalue weighted by molar-refractivity contribution is 7.16. The highest BCUT2D eigenvalue weighted by Crippen LogP contribution is 2.50. The van der Waals surface area contributed by atoms with Crippen LogP contribution < -0.4 is 35.6 Å². The van der Waals surface area contributed by atoms with E-state index < -0.39 is 24.0 Å². The second-order valence-corrected chi connectivity index (χ2v) is 12.1. The first-order chi connectivity index (χ1) is 21.4. The minimum absolute atomic E-state index is 0.129. The predicted octanol–water partition coefficient (Wildman–Crippen LogP) is 4.49. The lowest BCUT2D eigenvalue weighted by molar-refractivity contribution is -0.120. The van der Waals surface area contributed by atoms with Crippen molar-refractivity contribution in [2.24, 2.45) is 5.92 Å². The Bertz CT molecular complexity index is 1690. The molecule has 1 aromatic heterocycles. The van der Waals surface area contributed by atoms with E-state index in [9.17, 15) is 19.2 Å². The zero-order valence-electron chi connectivity index (χ0n) is 26.6. The van der Waals surface area contributed by atoms with Crippen LogP contribution in [-0.4, -0.2) is 57.2 Å². The monoisotopic (exact) mass is 638 g/mol. The molecule has 0 spiro atoms. The van der Waals surface area contributed by atoms with E-state index in [0.29, 0.717) is 46.1 Å². The average molecular weight is 639 g/mol. The summed E-state index contributed by atoms with van der Waals surface area (Å²) in [5, 5.41) is 9.12. The fourth-order valence-corrected chi connectivity index (χ4v) is 6.25. The molecule has 12 nitrogen and oxygen atoms in total. The van der Waals surface area contributed by atoms with E-state index >= 15 is 0 Å². The van der Waals surface area contributed by atoms with Crippen LogP contribution in [0.15, 0.2) is 29.1 Å². The number of hydrogen-bond acceptors (Lipinski definition) is 11. The smallest absolute Gasteiger partial charge is 0.357 e. The lowest BCUT2D eigenvalue weighted by Crippen LogP contribution is -2.39. The molecule has 45 heavy (non-hydrogen) atoms. The predicted molar refractivity (Wildman–Crippen MR) is 172 cm³/mol.